The van der Waals surface area contributed by atoms with Gasteiger partial charge in [-0.05, 0) is 6.42 Å². The Balaban J connectivity index is 1.84. The second kappa shape index (κ2) is 4.92. The largest absolute Gasteiger partial charge is 0.393 e. The van der Waals surface area contributed by atoms with Crippen LogP contribution in [0.2, 0.25) is 0 Å². The summed E-state index contributed by atoms with van der Waals surface area (Å²) in [7, 11) is -3.73. The number of H-pyrrole nitrogens is 1. The van der Waals surface area contributed by atoms with Crippen LogP contribution in [0.25, 0.3) is 0 Å². The number of carbonyl (C=O) groups is 2. The van der Waals surface area contributed by atoms with Gasteiger partial charge in [-0.1, -0.05) is 6.92 Å². The maximum atomic E-state index is 12.5. The van der Waals surface area contributed by atoms with Crippen molar-refractivity contribution in [1.29, 1.82) is 0 Å². The summed E-state index contributed by atoms with van der Waals surface area (Å²) in [4.78, 5) is 29.8. The molecule has 2 fully saturated rings. The molecule has 9 heteroatoms. The maximum absolute atomic E-state index is 12.5. The minimum Gasteiger partial charge on any atom is -0.393 e. The van der Waals surface area contributed by atoms with Crippen LogP contribution in [0.3, 0.4) is 0 Å². The number of imidazole rings is 1. The number of hydrogen-bond donors (Lipinski definition) is 1. The van der Waals surface area contributed by atoms with Crippen LogP contribution in [0, 0.1) is 11.8 Å². The van der Waals surface area contributed by atoms with Gasteiger partial charge >= 0.3 is 11.9 Å². The summed E-state index contributed by atoms with van der Waals surface area (Å²) in [5.74, 6) is -1.81. The first kappa shape index (κ1) is 14.2. The van der Waals surface area contributed by atoms with Crippen LogP contribution in [-0.2, 0) is 30.8 Å². The van der Waals surface area contributed by atoms with Crippen LogP contribution in [0.5, 0.6) is 0 Å². The van der Waals surface area contributed by atoms with E-state index in [2.05, 4.69) is 14.7 Å². The summed E-state index contributed by atoms with van der Waals surface area (Å²) in [6.45, 7) is 2.02. The lowest BCUT2D eigenvalue weighted by molar-refractivity contribution is -0.153. The lowest BCUT2D eigenvalue weighted by atomic mass is 9.89. The van der Waals surface area contributed by atoms with E-state index in [1.54, 1.807) is 0 Å². The minimum atomic E-state index is -3.73. The van der Waals surface area contributed by atoms with E-state index >= 15 is 0 Å². The van der Waals surface area contributed by atoms with Gasteiger partial charge in [0, 0.05) is 19.5 Å². The van der Waals surface area contributed by atoms with Crippen molar-refractivity contribution in [1.82, 2.24) is 14.3 Å². The molecule has 2 atom stereocenters. The standard InChI is InChI=1S/C12H15N3O5S/c1-2-9-13-5-10(14-9)21(18,19)15-4-3-7-8(6-15)12(17)20-11(7)16/h5,7-8H,2-4,6H2,1H3,(H,13,14). The number of cyclic esters (lactones) is 2. The Morgan fingerprint density at radius 1 is 1.38 bits per heavy atom. The van der Waals surface area contributed by atoms with E-state index in [0.717, 1.165) is 0 Å². The molecule has 2 aliphatic heterocycles. The van der Waals surface area contributed by atoms with E-state index in [9.17, 15) is 18.0 Å². The molecule has 0 aromatic carbocycles. The Bertz CT molecular complexity index is 696. The van der Waals surface area contributed by atoms with E-state index in [0.29, 0.717) is 18.7 Å². The highest BCUT2D eigenvalue weighted by Crippen LogP contribution is 2.33. The number of carbonyl (C=O) groups excluding carboxylic acids is 2. The van der Waals surface area contributed by atoms with Crippen LogP contribution >= 0.6 is 0 Å². The van der Waals surface area contributed by atoms with Gasteiger partial charge < -0.3 is 9.72 Å². The van der Waals surface area contributed by atoms with Gasteiger partial charge in [0.2, 0.25) is 0 Å². The molecule has 8 nitrogen and oxygen atoms in total. The molecule has 0 aliphatic carbocycles. The number of piperidine rings is 1. The van der Waals surface area contributed by atoms with Crippen molar-refractivity contribution in [3.63, 3.8) is 0 Å². The van der Waals surface area contributed by atoms with Crippen molar-refractivity contribution in [2.24, 2.45) is 11.8 Å². The molecule has 3 rings (SSSR count). The summed E-state index contributed by atoms with van der Waals surface area (Å²) < 4.78 is 30.8. The third kappa shape index (κ3) is 2.26. The smallest absolute Gasteiger partial charge is 0.318 e. The Labute approximate surface area is 121 Å². The molecule has 0 spiro atoms. The number of fused-ring (bicyclic) bond motifs is 1. The predicted molar refractivity (Wildman–Crippen MR) is 69.4 cm³/mol. The molecule has 3 heterocycles. The van der Waals surface area contributed by atoms with Crippen molar-refractivity contribution < 1.29 is 22.7 Å². The topological polar surface area (TPSA) is 109 Å². The van der Waals surface area contributed by atoms with E-state index < -0.39 is 33.8 Å². The number of sulfonamides is 1. The monoisotopic (exact) mass is 313 g/mol. The number of hydrogen-bond acceptors (Lipinski definition) is 6. The fraction of sp³-hybridized carbons (Fsp3) is 0.583. The van der Waals surface area contributed by atoms with E-state index in [-0.39, 0.29) is 18.1 Å². The molecule has 1 aromatic rings. The van der Waals surface area contributed by atoms with Crippen molar-refractivity contribution >= 4 is 22.0 Å². The fourth-order valence-corrected chi connectivity index (χ4v) is 4.12. The van der Waals surface area contributed by atoms with E-state index in [4.69, 9.17) is 0 Å². The summed E-state index contributed by atoms with van der Waals surface area (Å²) in [5, 5.41) is 0.00971. The Morgan fingerprint density at radius 2 is 2.10 bits per heavy atom. The summed E-state index contributed by atoms with van der Waals surface area (Å²) >= 11 is 0. The second-order valence-electron chi connectivity index (χ2n) is 5.15. The van der Waals surface area contributed by atoms with E-state index in [1.165, 1.54) is 10.5 Å². The molecule has 1 aromatic heterocycles. The lowest BCUT2D eigenvalue weighted by Gasteiger charge is -2.30. The molecule has 0 radical (unpaired) electrons. The number of esters is 2. The number of aromatic amines is 1. The zero-order chi connectivity index (χ0) is 15.2. The van der Waals surface area contributed by atoms with Crippen LogP contribution in [0.4, 0.5) is 0 Å². The molecular formula is C12H15N3O5S. The molecule has 21 heavy (non-hydrogen) atoms. The fourth-order valence-electron chi connectivity index (χ4n) is 2.71. The third-order valence-electron chi connectivity index (χ3n) is 3.94. The molecule has 2 saturated heterocycles. The van der Waals surface area contributed by atoms with Gasteiger partial charge in [0.15, 0.2) is 5.03 Å². The number of rotatable bonds is 3. The molecule has 2 unspecified atom stereocenters. The quantitative estimate of drug-likeness (QED) is 0.605. The van der Waals surface area contributed by atoms with Crippen LogP contribution in [-0.4, -0.2) is 47.7 Å². The van der Waals surface area contributed by atoms with Gasteiger partial charge in [-0.15, -0.1) is 0 Å². The van der Waals surface area contributed by atoms with Crippen LogP contribution in [0.1, 0.15) is 19.2 Å². The van der Waals surface area contributed by atoms with Gasteiger partial charge in [-0.2, -0.15) is 4.31 Å². The normalized spacial score (nSPS) is 26.7. The van der Waals surface area contributed by atoms with Crippen molar-refractivity contribution in [2.45, 2.75) is 24.8 Å². The summed E-state index contributed by atoms with van der Waals surface area (Å²) in [5.41, 5.74) is 0. The average Bonchev–Trinajstić information content (AvgIpc) is 3.05. The van der Waals surface area contributed by atoms with Gasteiger partial charge in [0.05, 0.1) is 18.0 Å². The van der Waals surface area contributed by atoms with Gasteiger partial charge in [-0.25, -0.2) is 13.4 Å². The lowest BCUT2D eigenvalue weighted by Crippen LogP contribution is -2.44. The zero-order valence-electron chi connectivity index (χ0n) is 11.4. The predicted octanol–water partition coefficient (Wildman–Crippen LogP) is -0.318. The molecule has 2 aliphatic rings. The zero-order valence-corrected chi connectivity index (χ0v) is 12.2. The van der Waals surface area contributed by atoms with Crippen molar-refractivity contribution in [3.05, 3.63) is 12.0 Å². The molecule has 1 N–H and O–H groups in total. The number of aromatic nitrogens is 2. The maximum Gasteiger partial charge on any atom is 0.318 e. The molecule has 114 valence electrons. The first-order valence-electron chi connectivity index (χ1n) is 6.73. The highest BCUT2D eigenvalue weighted by atomic mass is 32.2. The number of aryl methyl sites for hydroxylation is 1. The number of nitrogens with one attached hydrogen (secondary N) is 1. The first-order valence-corrected chi connectivity index (χ1v) is 8.17. The van der Waals surface area contributed by atoms with Crippen LogP contribution < -0.4 is 0 Å². The van der Waals surface area contributed by atoms with Crippen LogP contribution in [0.15, 0.2) is 11.2 Å². The highest BCUT2D eigenvalue weighted by molar-refractivity contribution is 7.89. The van der Waals surface area contributed by atoms with Crippen molar-refractivity contribution in [3.8, 4) is 0 Å². The number of nitrogens with zero attached hydrogens (tertiary/aromatic N) is 2. The summed E-state index contributed by atoms with van der Waals surface area (Å²) in [6.07, 6.45) is 2.17. The Kier molecular flexibility index (Phi) is 3.33. The SMILES string of the molecule is CCc1ncc(S(=O)(=O)N2CCC3C(=O)OC(=O)C3C2)[nH]1. The number of ether oxygens (including phenoxy) is 1. The van der Waals surface area contributed by atoms with E-state index in [1.807, 2.05) is 6.92 Å². The molecular weight excluding hydrogens is 298 g/mol. The summed E-state index contributed by atoms with van der Waals surface area (Å²) in [6, 6.07) is 0. The first-order chi connectivity index (χ1) is 9.93. The van der Waals surface area contributed by atoms with Gasteiger partial charge in [0.25, 0.3) is 10.0 Å². The third-order valence-corrected chi connectivity index (χ3v) is 5.71. The highest BCUT2D eigenvalue weighted by Gasteiger charge is 2.49. The minimum absolute atomic E-state index is 0.00971. The van der Waals surface area contributed by atoms with Crippen molar-refractivity contribution in [2.75, 3.05) is 13.1 Å². The Morgan fingerprint density at radius 3 is 2.76 bits per heavy atom. The van der Waals surface area contributed by atoms with Gasteiger partial charge in [-0.3, -0.25) is 9.59 Å². The molecule has 0 saturated carbocycles. The molecule has 0 amide bonds. The molecule has 0 bridgehead atoms. The Hall–Kier alpha value is -1.74. The van der Waals surface area contributed by atoms with Gasteiger partial charge in [0.1, 0.15) is 5.82 Å². The second-order valence-corrected chi connectivity index (χ2v) is 7.06. The average molecular weight is 313 g/mol.